The Morgan fingerprint density at radius 2 is 1.53 bits per heavy atom. The van der Waals surface area contributed by atoms with Crippen LogP contribution in [0, 0.1) is 0 Å². The highest BCUT2D eigenvalue weighted by atomic mass is 16.6. The Morgan fingerprint density at radius 1 is 0.971 bits per heavy atom. The molecule has 10 nitrogen and oxygen atoms in total. The van der Waals surface area contributed by atoms with Crippen LogP contribution in [0.3, 0.4) is 0 Å². The van der Waals surface area contributed by atoms with E-state index >= 15 is 0 Å². The van der Waals surface area contributed by atoms with E-state index < -0.39 is 42.6 Å². The summed E-state index contributed by atoms with van der Waals surface area (Å²) in [6.07, 6.45) is 2.92. The van der Waals surface area contributed by atoms with Gasteiger partial charge in [-0.25, -0.2) is 0 Å². The van der Waals surface area contributed by atoms with Gasteiger partial charge in [0, 0.05) is 24.2 Å². The standard InChI is InChI=1S/C24H36N2O8/c1-24(2,3)34-23(32)15-25(12-16-11-17(33-4)9-10-20(16)27)18-7-5-6-8-19(18)26(13-21(28)29)14-22(30)31/h9-11,18-19,27H,5-8,12-15H2,1-4H3,(H,28,29)(H,30,31). The van der Waals surface area contributed by atoms with Crippen molar-refractivity contribution in [2.75, 3.05) is 26.7 Å². The van der Waals surface area contributed by atoms with E-state index in [-0.39, 0.29) is 24.9 Å². The molecule has 0 aromatic heterocycles. The van der Waals surface area contributed by atoms with E-state index in [0.717, 1.165) is 12.8 Å². The second-order valence-corrected chi connectivity index (χ2v) is 9.60. The second kappa shape index (κ2) is 12.0. The molecular formula is C24H36N2O8. The Kier molecular flexibility index (Phi) is 9.69. The van der Waals surface area contributed by atoms with Gasteiger partial charge in [-0.15, -0.1) is 0 Å². The molecule has 10 heteroatoms. The first-order valence-corrected chi connectivity index (χ1v) is 11.4. The summed E-state index contributed by atoms with van der Waals surface area (Å²) >= 11 is 0. The first-order valence-electron chi connectivity index (χ1n) is 11.4. The quantitative estimate of drug-likeness (QED) is 0.405. The summed E-state index contributed by atoms with van der Waals surface area (Å²) in [6, 6.07) is 4.12. The van der Waals surface area contributed by atoms with E-state index in [2.05, 4.69) is 0 Å². The minimum atomic E-state index is -1.12. The summed E-state index contributed by atoms with van der Waals surface area (Å²) in [5.74, 6) is -2.11. The van der Waals surface area contributed by atoms with Gasteiger partial charge in [-0.2, -0.15) is 0 Å². The van der Waals surface area contributed by atoms with E-state index in [0.29, 0.717) is 24.2 Å². The number of rotatable bonds is 11. The minimum absolute atomic E-state index is 0.0373. The lowest BCUT2D eigenvalue weighted by molar-refractivity contribution is -0.158. The van der Waals surface area contributed by atoms with Crippen LogP contribution in [0.5, 0.6) is 11.5 Å². The van der Waals surface area contributed by atoms with E-state index in [4.69, 9.17) is 9.47 Å². The summed E-state index contributed by atoms with van der Waals surface area (Å²) in [4.78, 5) is 39.0. The van der Waals surface area contributed by atoms with Crippen molar-refractivity contribution in [3.05, 3.63) is 23.8 Å². The fourth-order valence-corrected chi connectivity index (χ4v) is 4.45. The van der Waals surface area contributed by atoms with Gasteiger partial charge in [0.25, 0.3) is 0 Å². The average molecular weight is 481 g/mol. The van der Waals surface area contributed by atoms with Gasteiger partial charge in [0.2, 0.25) is 0 Å². The fourth-order valence-electron chi connectivity index (χ4n) is 4.45. The number of phenolic OH excluding ortho intramolecular Hbond substituents is 1. The lowest BCUT2D eigenvalue weighted by atomic mass is 9.87. The first kappa shape index (κ1) is 27.4. The van der Waals surface area contributed by atoms with Crippen molar-refractivity contribution in [1.29, 1.82) is 0 Å². The predicted octanol–water partition coefficient (Wildman–Crippen LogP) is 2.33. The Hall–Kier alpha value is -2.85. The van der Waals surface area contributed by atoms with Gasteiger partial charge in [-0.1, -0.05) is 12.8 Å². The highest BCUT2D eigenvalue weighted by Crippen LogP contribution is 2.31. The predicted molar refractivity (Wildman–Crippen MR) is 124 cm³/mol. The number of carboxylic acids is 2. The smallest absolute Gasteiger partial charge is 0.320 e. The number of nitrogens with zero attached hydrogens (tertiary/aromatic N) is 2. The molecule has 2 unspecified atom stereocenters. The van der Waals surface area contributed by atoms with Crippen LogP contribution >= 0.6 is 0 Å². The summed E-state index contributed by atoms with van der Waals surface area (Å²) in [5, 5.41) is 29.2. The van der Waals surface area contributed by atoms with Crippen LogP contribution in [0.1, 0.15) is 52.0 Å². The Labute approximate surface area is 200 Å². The van der Waals surface area contributed by atoms with E-state index in [1.165, 1.54) is 18.1 Å². The molecule has 0 amide bonds. The Balaban J connectivity index is 2.41. The number of carbonyl (C=O) groups excluding carboxylic acids is 1. The molecule has 34 heavy (non-hydrogen) atoms. The van der Waals surface area contributed by atoms with Crippen LogP contribution in [0.2, 0.25) is 0 Å². The van der Waals surface area contributed by atoms with Crippen molar-refractivity contribution in [1.82, 2.24) is 9.80 Å². The summed E-state index contributed by atoms with van der Waals surface area (Å²) in [6.45, 7) is 4.56. The zero-order valence-corrected chi connectivity index (χ0v) is 20.3. The molecule has 0 bridgehead atoms. The third-order valence-corrected chi connectivity index (χ3v) is 5.72. The van der Waals surface area contributed by atoms with E-state index in [9.17, 15) is 29.7 Å². The molecule has 2 atom stereocenters. The number of benzene rings is 1. The van der Waals surface area contributed by atoms with Crippen LogP contribution in [-0.2, 0) is 25.7 Å². The number of esters is 1. The molecule has 0 radical (unpaired) electrons. The average Bonchev–Trinajstić information content (AvgIpc) is 2.72. The number of aliphatic carboxylic acids is 2. The number of hydrogen-bond donors (Lipinski definition) is 3. The van der Waals surface area contributed by atoms with Gasteiger partial charge in [0.15, 0.2) is 0 Å². The number of carbonyl (C=O) groups is 3. The normalized spacial score (nSPS) is 18.6. The SMILES string of the molecule is COc1ccc(O)c(CN(CC(=O)OC(C)(C)C)C2CCCCC2N(CC(=O)O)CC(=O)O)c1. The maximum Gasteiger partial charge on any atom is 0.320 e. The zero-order chi connectivity index (χ0) is 25.5. The van der Waals surface area contributed by atoms with Gasteiger partial charge in [0.05, 0.1) is 26.7 Å². The third kappa shape index (κ3) is 8.49. The first-order chi connectivity index (χ1) is 15.9. The third-order valence-electron chi connectivity index (χ3n) is 5.72. The molecule has 3 N–H and O–H groups in total. The molecular weight excluding hydrogens is 444 g/mol. The molecule has 0 saturated heterocycles. The summed E-state index contributed by atoms with van der Waals surface area (Å²) in [7, 11) is 1.52. The number of carboxylic acid groups (broad SMARTS) is 2. The molecule has 1 saturated carbocycles. The van der Waals surface area contributed by atoms with Crippen molar-refractivity contribution >= 4 is 17.9 Å². The van der Waals surface area contributed by atoms with Crippen molar-refractivity contribution in [3.63, 3.8) is 0 Å². The molecule has 1 fully saturated rings. The lowest BCUT2D eigenvalue weighted by Crippen LogP contribution is -2.56. The summed E-state index contributed by atoms with van der Waals surface area (Å²) in [5.41, 5.74) is -0.152. The highest BCUT2D eigenvalue weighted by Gasteiger charge is 2.37. The highest BCUT2D eigenvalue weighted by molar-refractivity contribution is 5.73. The number of aromatic hydroxyl groups is 1. The number of ether oxygens (including phenoxy) is 2. The van der Waals surface area contributed by atoms with Crippen LogP contribution in [0.4, 0.5) is 0 Å². The molecule has 2 rings (SSSR count). The number of phenols is 1. The molecule has 1 aromatic rings. The second-order valence-electron chi connectivity index (χ2n) is 9.60. The van der Waals surface area contributed by atoms with Crippen LogP contribution in [-0.4, -0.2) is 87.5 Å². The Morgan fingerprint density at radius 3 is 2.03 bits per heavy atom. The van der Waals surface area contributed by atoms with Gasteiger partial charge in [-0.3, -0.25) is 24.2 Å². The molecule has 1 aliphatic rings. The topological polar surface area (TPSA) is 137 Å². The minimum Gasteiger partial charge on any atom is -0.508 e. The molecule has 190 valence electrons. The van der Waals surface area contributed by atoms with Gasteiger partial charge in [0.1, 0.15) is 17.1 Å². The molecule has 0 spiro atoms. The van der Waals surface area contributed by atoms with Crippen molar-refractivity contribution < 1.29 is 39.2 Å². The fraction of sp³-hybridized carbons (Fsp3) is 0.625. The maximum atomic E-state index is 12.8. The zero-order valence-electron chi connectivity index (χ0n) is 20.3. The van der Waals surface area contributed by atoms with Crippen molar-refractivity contribution in [2.24, 2.45) is 0 Å². The van der Waals surface area contributed by atoms with E-state index in [1.807, 2.05) is 4.90 Å². The number of hydrogen-bond acceptors (Lipinski definition) is 8. The maximum absolute atomic E-state index is 12.8. The monoisotopic (exact) mass is 480 g/mol. The Bertz CT molecular complexity index is 851. The largest absolute Gasteiger partial charge is 0.508 e. The molecule has 1 aromatic carbocycles. The van der Waals surface area contributed by atoms with Crippen LogP contribution in [0.15, 0.2) is 18.2 Å². The van der Waals surface area contributed by atoms with Crippen molar-refractivity contribution in [2.45, 2.75) is 70.7 Å². The van der Waals surface area contributed by atoms with Crippen molar-refractivity contribution in [3.8, 4) is 11.5 Å². The molecule has 0 aliphatic heterocycles. The van der Waals surface area contributed by atoms with Gasteiger partial charge >= 0.3 is 17.9 Å². The molecule has 1 aliphatic carbocycles. The van der Waals surface area contributed by atoms with Crippen LogP contribution < -0.4 is 4.74 Å². The summed E-state index contributed by atoms with van der Waals surface area (Å²) < 4.78 is 10.8. The number of methoxy groups -OCH3 is 1. The van der Waals surface area contributed by atoms with E-state index in [1.54, 1.807) is 32.9 Å². The van der Waals surface area contributed by atoms with Gasteiger partial charge < -0.3 is 24.8 Å². The van der Waals surface area contributed by atoms with Gasteiger partial charge in [-0.05, 0) is 51.8 Å². The molecule has 0 heterocycles. The van der Waals surface area contributed by atoms with Crippen LogP contribution in [0.25, 0.3) is 0 Å². The lowest BCUT2D eigenvalue weighted by Gasteiger charge is -2.44.